The molecule has 0 saturated carbocycles. The van der Waals surface area contributed by atoms with Crippen molar-refractivity contribution in [2.24, 2.45) is 11.8 Å². The van der Waals surface area contributed by atoms with Gasteiger partial charge in [-0.2, -0.15) is 0 Å². The van der Waals surface area contributed by atoms with Gasteiger partial charge in [-0.05, 0) is 65.7 Å². The highest BCUT2D eigenvalue weighted by Crippen LogP contribution is 2.40. The SMILES string of the molecule is CC(=O)O[C@@H](c1cc(Br)c(CCCOC[C@@H](CO)OCc2ccccc2)o1)[C@H](Cc1ccccc1)C(=O)N1C(=O)OC(C)(C)[C@H]1C(C)C. The smallest absolute Gasteiger partial charge is 0.417 e. The first-order valence-corrected chi connectivity index (χ1v) is 17.1. The zero-order chi connectivity index (χ0) is 34.8. The second-order valence-electron chi connectivity index (χ2n) is 12.9. The van der Waals surface area contributed by atoms with Crippen molar-refractivity contribution in [2.75, 3.05) is 19.8 Å². The molecular weight excluding hydrogens is 682 g/mol. The van der Waals surface area contributed by atoms with E-state index in [-0.39, 0.29) is 31.3 Å². The number of esters is 1. The van der Waals surface area contributed by atoms with Gasteiger partial charge in [-0.1, -0.05) is 74.5 Å². The molecule has 1 saturated heterocycles. The van der Waals surface area contributed by atoms with Crippen molar-refractivity contribution in [1.29, 1.82) is 0 Å². The summed E-state index contributed by atoms with van der Waals surface area (Å²) in [5.41, 5.74) is 0.944. The first-order valence-electron chi connectivity index (χ1n) is 16.3. The molecule has 2 aromatic carbocycles. The lowest BCUT2D eigenvalue weighted by molar-refractivity contribution is -0.156. The van der Waals surface area contributed by atoms with Crippen LogP contribution in [0.3, 0.4) is 0 Å². The number of hydrogen-bond acceptors (Lipinski definition) is 9. The van der Waals surface area contributed by atoms with Crippen LogP contribution in [0.5, 0.6) is 0 Å². The number of nitrogens with zero attached hydrogens (tertiary/aromatic N) is 1. The van der Waals surface area contributed by atoms with E-state index >= 15 is 0 Å². The van der Waals surface area contributed by atoms with E-state index in [4.69, 9.17) is 23.4 Å². The van der Waals surface area contributed by atoms with Crippen LogP contribution in [-0.2, 0) is 48.0 Å². The van der Waals surface area contributed by atoms with Gasteiger partial charge in [0, 0.05) is 20.0 Å². The van der Waals surface area contributed by atoms with Gasteiger partial charge in [0.2, 0.25) is 5.91 Å². The third kappa shape index (κ3) is 9.78. The number of imide groups is 1. The van der Waals surface area contributed by atoms with Crippen LogP contribution in [0, 0.1) is 11.8 Å². The number of furan rings is 1. The second kappa shape index (κ2) is 17.2. The minimum atomic E-state index is -1.12. The Balaban J connectivity index is 1.49. The lowest BCUT2D eigenvalue weighted by Crippen LogP contribution is -2.51. The summed E-state index contributed by atoms with van der Waals surface area (Å²) in [6.07, 6.45) is -1.03. The summed E-state index contributed by atoms with van der Waals surface area (Å²) in [4.78, 5) is 41.3. The summed E-state index contributed by atoms with van der Waals surface area (Å²) >= 11 is 3.57. The van der Waals surface area contributed by atoms with Crippen LogP contribution in [0.25, 0.3) is 0 Å². The van der Waals surface area contributed by atoms with Crippen LogP contribution in [0.1, 0.15) is 69.8 Å². The van der Waals surface area contributed by atoms with Gasteiger partial charge in [-0.25, -0.2) is 9.69 Å². The van der Waals surface area contributed by atoms with E-state index in [9.17, 15) is 19.5 Å². The van der Waals surface area contributed by atoms with Crippen molar-refractivity contribution in [3.63, 3.8) is 0 Å². The van der Waals surface area contributed by atoms with Crippen molar-refractivity contribution in [3.05, 3.63) is 93.9 Å². The molecule has 1 aromatic heterocycles. The van der Waals surface area contributed by atoms with Gasteiger partial charge in [0.25, 0.3) is 0 Å². The van der Waals surface area contributed by atoms with Gasteiger partial charge in [0.15, 0.2) is 6.10 Å². The molecule has 1 fully saturated rings. The Hall–Kier alpha value is -3.51. The highest BCUT2D eigenvalue weighted by atomic mass is 79.9. The van der Waals surface area contributed by atoms with Crippen LogP contribution in [0.15, 0.2) is 75.6 Å². The maximum absolute atomic E-state index is 14.4. The maximum Gasteiger partial charge on any atom is 0.417 e. The van der Waals surface area contributed by atoms with E-state index in [1.54, 1.807) is 19.9 Å². The van der Waals surface area contributed by atoms with Crippen LogP contribution in [0.2, 0.25) is 0 Å². The summed E-state index contributed by atoms with van der Waals surface area (Å²) in [7, 11) is 0. The number of aliphatic hydroxyl groups excluding tert-OH is 1. The number of benzene rings is 2. The summed E-state index contributed by atoms with van der Waals surface area (Å²) in [6, 6.07) is 20.3. The quantitative estimate of drug-likeness (QED) is 0.118. The molecule has 4 atom stereocenters. The van der Waals surface area contributed by atoms with Crippen LogP contribution in [-0.4, -0.2) is 65.5 Å². The number of aryl methyl sites for hydroxylation is 1. The average molecular weight is 729 g/mol. The largest absolute Gasteiger partial charge is 0.461 e. The number of carbonyl (C=O) groups excluding carboxylic acids is 3. The predicted molar refractivity (Wildman–Crippen MR) is 182 cm³/mol. The highest BCUT2D eigenvalue weighted by Gasteiger charge is 2.54. The third-order valence-corrected chi connectivity index (χ3v) is 8.94. The van der Waals surface area contributed by atoms with Gasteiger partial charge >= 0.3 is 12.1 Å². The number of carbonyl (C=O) groups is 3. The third-order valence-electron chi connectivity index (χ3n) is 8.27. The Kier molecular flexibility index (Phi) is 13.4. The van der Waals surface area contributed by atoms with Gasteiger partial charge < -0.3 is 28.5 Å². The fraction of sp³-hybridized carbons (Fsp3) is 0.486. The van der Waals surface area contributed by atoms with Gasteiger partial charge in [0.1, 0.15) is 23.2 Å². The summed E-state index contributed by atoms with van der Waals surface area (Å²) < 4.78 is 30.0. The minimum absolute atomic E-state index is 0.0883. The number of ether oxygens (including phenoxy) is 4. The molecule has 0 aliphatic carbocycles. The minimum Gasteiger partial charge on any atom is -0.461 e. The first kappa shape index (κ1) is 37.3. The fourth-order valence-corrected chi connectivity index (χ4v) is 6.71. The van der Waals surface area contributed by atoms with Crippen molar-refractivity contribution >= 4 is 33.9 Å². The van der Waals surface area contributed by atoms with Crippen molar-refractivity contribution in [1.82, 2.24) is 4.90 Å². The Morgan fingerprint density at radius 1 is 1.04 bits per heavy atom. The molecule has 0 unspecified atom stereocenters. The highest BCUT2D eigenvalue weighted by molar-refractivity contribution is 9.10. The van der Waals surface area contributed by atoms with Gasteiger partial charge in [-0.15, -0.1) is 0 Å². The van der Waals surface area contributed by atoms with E-state index < -0.39 is 47.7 Å². The molecule has 1 N–H and O–H groups in total. The Morgan fingerprint density at radius 2 is 1.69 bits per heavy atom. The van der Waals surface area contributed by atoms with E-state index in [0.717, 1.165) is 11.1 Å². The number of halogens is 1. The molecule has 0 radical (unpaired) electrons. The molecule has 10 nitrogen and oxygen atoms in total. The van der Waals surface area contributed by atoms with E-state index in [1.807, 2.05) is 74.5 Å². The first-order chi connectivity index (χ1) is 22.9. The van der Waals surface area contributed by atoms with Gasteiger partial charge in [-0.3, -0.25) is 9.59 Å². The summed E-state index contributed by atoms with van der Waals surface area (Å²) in [6.45, 7) is 9.57. The molecule has 2 amide bonds. The van der Waals surface area contributed by atoms with Crippen molar-refractivity contribution < 1.29 is 42.9 Å². The number of rotatable bonds is 17. The van der Waals surface area contributed by atoms with Crippen molar-refractivity contribution in [2.45, 2.75) is 84.3 Å². The van der Waals surface area contributed by atoms with E-state index in [0.29, 0.717) is 36.3 Å². The summed E-state index contributed by atoms with van der Waals surface area (Å²) in [5.74, 6) is -1.29. The molecule has 1 aliphatic rings. The Morgan fingerprint density at radius 3 is 2.29 bits per heavy atom. The molecule has 2 heterocycles. The number of amides is 2. The molecule has 260 valence electrons. The fourth-order valence-electron chi connectivity index (χ4n) is 6.20. The molecule has 0 spiro atoms. The Labute approximate surface area is 290 Å². The lowest BCUT2D eigenvalue weighted by atomic mass is 9.86. The Bertz CT molecular complexity index is 1490. The second-order valence-corrected chi connectivity index (χ2v) is 13.7. The molecule has 48 heavy (non-hydrogen) atoms. The molecule has 11 heteroatoms. The molecule has 0 bridgehead atoms. The van der Waals surface area contributed by atoms with Crippen LogP contribution >= 0.6 is 15.9 Å². The number of hydrogen-bond donors (Lipinski definition) is 1. The molecule has 3 aromatic rings. The number of aliphatic hydroxyl groups is 1. The lowest BCUT2D eigenvalue weighted by Gasteiger charge is -2.34. The van der Waals surface area contributed by atoms with Gasteiger partial charge in [0.05, 0.1) is 36.3 Å². The maximum atomic E-state index is 14.4. The average Bonchev–Trinajstić information content (AvgIpc) is 3.54. The van der Waals surface area contributed by atoms with Crippen LogP contribution < -0.4 is 0 Å². The molecule has 4 rings (SSSR count). The predicted octanol–water partition coefficient (Wildman–Crippen LogP) is 6.81. The molecular formula is C37H46BrNO9. The monoisotopic (exact) mass is 727 g/mol. The van der Waals surface area contributed by atoms with Crippen LogP contribution in [0.4, 0.5) is 4.79 Å². The topological polar surface area (TPSA) is 125 Å². The zero-order valence-electron chi connectivity index (χ0n) is 28.2. The van der Waals surface area contributed by atoms with E-state index in [1.165, 1.54) is 11.8 Å². The normalized spacial score (nSPS) is 17.6. The number of cyclic esters (lactones) is 1. The van der Waals surface area contributed by atoms with E-state index in [2.05, 4.69) is 15.9 Å². The standard InChI is InChI=1S/C37H46BrNO9/c1-24(2)34-37(4,5)48-36(43)39(34)35(42)29(19-26-13-8-6-9-14-26)33(46-25(3)41)32-20-30(38)31(47-32)17-12-18-44-23-28(21-40)45-22-27-15-10-7-11-16-27/h6-11,13-16,20,24,28-29,33-34,40H,12,17-19,21-23H2,1-5H3/t28-,29+,33-,34-/m1/s1. The summed E-state index contributed by atoms with van der Waals surface area (Å²) in [5, 5.41) is 9.71. The molecule has 1 aliphatic heterocycles. The zero-order valence-corrected chi connectivity index (χ0v) is 29.8. The van der Waals surface area contributed by atoms with Crippen molar-refractivity contribution in [3.8, 4) is 0 Å².